The maximum atomic E-state index is 13.8. The number of carbonyl (C=O) groups excluding carboxylic acids is 1. The summed E-state index contributed by atoms with van der Waals surface area (Å²) in [7, 11) is 0. The number of aromatic nitrogens is 3. The van der Waals surface area contributed by atoms with E-state index in [9.17, 15) is 18.0 Å². The molecule has 0 bridgehead atoms. The van der Waals surface area contributed by atoms with E-state index >= 15 is 0 Å². The molecule has 1 atom stereocenters. The summed E-state index contributed by atoms with van der Waals surface area (Å²) in [5.74, 6) is -0.404. The third-order valence-corrected chi connectivity index (χ3v) is 6.35. The fraction of sp³-hybridized carbons (Fsp3) is 0.286. The molecule has 1 aromatic carbocycles. The lowest BCUT2D eigenvalue weighted by atomic mass is 10.1. The largest absolute Gasteiger partial charge is 0.433 e. The molecule has 0 N–H and O–H groups in total. The van der Waals surface area contributed by atoms with E-state index in [0.29, 0.717) is 29.7 Å². The van der Waals surface area contributed by atoms with E-state index in [-0.39, 0.29) is 27.5 Å². The highest BCUT2D eigenvalue weighted by molar-refractivity contribution is 9.10. The summed E-state index contributed by atoms with van der Waals surface area (Å²) in [6.45, 7) is 1.66. The van der Waals surface area contributed by atoms with E-state index in [1.54, 1.807) is 35.2 Å². The maximum absolute atomic E-state index is 13.8. The number of hydrogen-bond donors (Lipinski definition) is 0. The zero-order chi connectivity index (χ0) is 21.8. The van der Waals surface area contributed by atoms with Crippen LogP contribution in [0.2, 0.25) is 0 Å². The van der Waals surface area contributed by atoms with Gasteiger partial charge in [-0.2, -0.15) is 18.3 Å². The van der Waals surface area contributed by atoms with Crippen LogP contribution in [0.4, 0.5) is 13.2 Å². The Balaban J connectivity index is 1.59. The van der Waals surface area contributed by atoms with Crippen LogP contribution in [0.5, 0.6) is 0 Å². The number of halogens is 4. The minimum absolute atomic E-state index is 0.0433. The van der Waals surface area contributed by atoms with Crippen molar-refractivity contribution < 1.29 is 18.0 Å². The molecule has 10 heteroatoms. The number of fused-ring (bicyclic) bond motifs is 2. The van der Waals surface area contributed by atoms with E-state index in [1.165, 1.54) is 0 Å². The topological polar surface area (TPSA) is 53.7 Å². The zero-order valence-corrected chi connectivity index (χ0v) is 17.8. The molecular weight excluding hydrogens is 475 g/mol. The van der Waals surface area contributed by atoms with E-state index in [0.717, 1.165) is 12.5 Å². The van der Waals surface area contributed by atoms with Gasteiger partial charge >= 0.3 is 6.18 Å². The maximum Gasteiger partial charge on any atom is 0.433 e. The van der Waals surface area contributed by atoms with Gasteiger partial charge in [-0.15, -0.1) is 0 Å². The second-order valence-corrected chi connectivity index (χ2v) is 8.34. The number of piperazine rings is 1. The summed E-state index contributed by atoms with van der Waals surface area (Å²) in [4.78, 5) is 21.4. The van der Waals surface area contributed by atoms with Crippen LogP contribution in [0.3, 0.4) is 0 Å². The first-order valence-electron chi connectivity index (χ1n) is 9.76. The summed E-state index contributed by atoms with van der Waals surface area (Å²) in [5, 5.41) is 4.04. The molecule has 0 radical (unpaired) electrons. The molecule has 6 nitrogen and oxygen atoms in total. The number of alkyl halides is 3. The van der Waals surface area contributed by atoms with E-state index < -0.39 is 17.8 Å². The Morgan fingerprint density at radius 1 is 1.16 bits per heavy atom. The molecule has 2 aliphatic heterocycles. The summed E-state index contributed by atoms with van der Waals surface area (Å²) in [6.07, 6.45) is 0.260. The van der Waals surface area contributed by atoms with Gasteiger partial charge in [0.05, 0.1) is 10.2 Å². The highest BCUT2D eigenvalue weighted by Crippen LogP contribution is 2.35. The predicted octanol–water partition coefficient (Wildman–Crippen LogP) is 4.22. The van der Waals surface area contributed by atoms with Crippen molar-refractivity contribution in [1.29, 1.82) is 0 Å². The van der Waals surface area contributed by atoms with Crippen molar-refractivity contribution in [2.75, 3.05) is 19.6 Å². The third-order valence-electron chi connectivity index (χ3n) is 5.62. The van der Waals surface area contributed by atoms with Gasteiger partial charge in [0, 0.05) is 31.2 Å². The average Bonchev–Trinajstić information content (AvgIpc) is 3.36. The summed E-state index contributed by atoms with van der Waals surface area (Å²) in [5.41, 5.74) is -0.395. The van der Waals surface area contributed by atoms with Gasteiger partial charge in [0.1, 0.15) is 0 Å². The van der Waals surface area contributed by atoms with Crippen molar-refractivity contribution in [2.45, 2.75) is 18.6 Å². The van der Waals surface area contributed by atoms with Gasteiger partial charge in [-0.25, -0.2) is 9.50 Å². The Bertz CT molecular complexity index is 1190. The van der Waals surface area contributed by atoms with Crippen molar-refractivity contribution >= 4 is 27.5 Å². The number of benzene rings is 1. The quantitative estimate of drug-likeness (QED) is 0.538. The molecule has 0 aliphatic carbocycles. The standard InChI is InChI=1S/C21H17BrF3N5O/c22-17-18(20(31)29-10-9-28-8-4-7-14(28)12-29)27-30-16(21(23,24)25)11-15(26-19(17)30)13-5-2-1-3-6-13/h1-6,8,11,14H,7,9-10,12H2. The number of nitrogens with zero attached hydrogens (tertiary/aromatic N) is 5. The van der Waals surface area contributed by atoms with Crippen molar-refractivity contribution in [1.82, 2.24) is 24.4 Å². The molecule has 2 aromatic heterocycles. The Hall–Kier alpha value is -2.88. The fourth-order valence-corrected chi connectivity index (χ4v) is 4.56. The first-order chi connectivity index (χ1) is 14.8. The van der Waals surface area contributed by atoms with Crippen molar-refractivity contribution in [3.05, 3.63) is 64.5 Å². The second kappa shape index (κ2) is 7.37. The minimum Gasteiger partial charge on any atom is -0.371 e. The van der Waals surface area contributed by atoms with Crippen LogP contribution in [-0.2, 0) is 6.18 Å². The average molecular weight is 492 g/mol. The van der Waals surface area contributed by atoms with Crippen LogP contribution in [0.1, 0.15) is 22.6 Å². The van der Waals surface area contributed by atoms with Crippen LogP contribution >= 0.6 is 15.9 Å². The van der Waals surface area contributed by atoms with Gasteiger partial charge in [-0.1, -0.05) is 36.4 Å². The van der Waals surface area contributed by atoms with Crippen LogP contribution < -0.4 is 0 Å². The van der Waals surface area contributed by atoms with Crippen molar-refractivity contribution in [3.63, 3.8) is 0 Å². The highest BCUT2D eigenvalue weighted by Gasteiger charge is 2.38. The molecular formula is C21H17BrF3N5O. The fourth-order valence-electron chi connectivity index (χ4n) is 4.05. The normalized spacial score (nSPS) is 18.6. The summed E-state index contributed by atoms with van der Waals surface area (Å²) >= 11 is 3.30. The molecule has 5 rings (SSSR count). The Kier molecular flexibility index (Phi) is 4.76. The molecule has 160 valence electrons. The van der Waals surface area contributed by atoms with Gasteiger partial charge in [0.25, 0.3) is 5.91 Å². The second-order valence-electron chi connectivity index (χ2n) is 7.55. The SMILES string of the molecule is O=C(c1nn2c(C(F)(F)F)cc(-c3ccccc3)nc2c1Br)N1CCN2C=CCC2C1. The number of hydrogen-bond acceptors (Lipinski definition) is 4. The molecule has 4 heterocycles. The van der Waals surface area contributed by atoms with Crippen LogP contribution in [0.15, 0.2) is 53.1 Å². The van der Waals surface area contributed by atoms with E-state index in [1.807, 2.05) is 6.20 Å². The van der Waals surface area contributed by atoms with Crippen LogP contribution in [-0.4, -0.2) is 56.0 Å². The van der Waals surface area contributed by atoms with E-state index in [2.05, 4.69) is 37.0 Å². The first-order valence-corrected chi connectivity index (χ1v) is 10.6. The molecule has 31 heavy (non-hydrogen) atoms. The minimum atomic E-state index is -4.67. The van der Waals surface area contributed by atoms with Gasteiger partial charge in [-0.05, 0) is 34.6 Å². The number of rotatable bonds is 2. The molecule has 0 saturated carbocycles. The zero-order valence-electron chi connectivity index (χ0n) is 16.2. The molecule has 2 aliphatic rings. The molecule has 1 unspecified atom stereocenters. The number of carbonyl (C=O) groups is 1. The molecule has 1 saturated heterocycles. The summed E-state index contributed by atoms with van der Waals surface area (Å²) < 4.78 is 42.4. The number of amides is 1. The third kappa shape index (κ3) is 3.48. The predicted molar refractivity (Wildman–Crippen MR) is 111 cm³/mol. The molecule has 3 aromatic rings. The smallest absolute Gasteiger partial charge is 0.371 e. The molecule has 1 fully saturated rings. The van der Waals surface area contributed by atoms with Gasteiger partial charge in [0.15, 0.2) is 17.0 Å². The van der Waals surface area contributed by atoms with Crippen LogP contribution in [0.25, 0.3) is 16.9 Å². The van der Waals surface area contributed by atoms with Crippen molar-refractivity contribution in [3.8, 4) is 11.3 Å². The molecule has 1 amide bonds. The van der Waals surface area contributed by atoms with Crippen LogP contribution in [0, 0.1) is 0 Å². The lowest BCUT2D eigenvalue weighted by Crippen LogP contribution is -2.51. The lowest BCUT2D eigenvalue weighted by Gasteiger charge is -2.37. The monoisotopic (exact) mass is 491 g/mol. The van der Waals surface area contributed by atoms with Gasteiger partial charge in [0.2, 0.25) is 0 Å². The first kappa shape index (κ1) is 20.0. The lowest BCUT2D eigenvalue weighted by molar-refractivity contribution is -0.142. The Labute approximate surface area is 184 Å². The molecule has 0 spiro atoms. The van der Waals surface area contributed by atoms with Gasteiger partial charge < -0.3 is 9.80 Å². The van der Waals surface area contributed by atoms with Gasteiger partial charge in [-0.3, -0.25) is 4.79 Å². The Morgan fingerprint density at radius 3 is 2.68 bits per heavy atom. The van der Waals surface area contributed by atoms with Crippen molar-refractivity contribution in [2.24, 2.45) is 0 Å². The highest BCUT2D eigenvalue weighted by atomic mass is 79.9. The Morgan fingerprint density at radius 2 is 1.94 bits per heavy atom. The summed E-state index contributed by atoms with van der Waals surface area (Å²) in [6, 6.07) is 9.76. The van der Waals surface area contributed by atoms with E-state index in [4.69, 9.17) is 0 Å².